The van der Waals surface area contributed by atoms with Crippen molar-refractivity contribution >= 4 is 22.5 Å². The van der Waals surface area contributed by atoms with Crippen LogP contribution < -0.4 is 4.74 Å². The van der Waals surface area contributed by atoms with Crippen molar-refractivity contribution in [3.8, 4) is 5.75 Å². The molecule has 0 N–H and O–H groups in total. The number of fused-ring (bicyclic) bond motifs is 1. The van der Waals surface area contributed by atoms with E-state index in [0.717, 1.165) is 18.0 Å². The minimum atomic E-state index is 0.660. The maximum absolute atomic E-state index is 5.87. The van der Waals surface area contributed by atoms with Gasteiger partial charge < -0.3 is 9.30 Å². The van der Waals surface area contributed by atoms with Crippen LogP contribution in [0.3, 0.4) is 0 Å². The van der Waals surface area contributed by atoms with Crippen molar-refractivity contribution in [3.63, 3.8) is 0 Å². The Bertz CT molecular complexity index is 747. The lowest BCUT2D eigenvalue weighted by molar-refractivity contribution is 0.415. The molecule has 0 aliphatic carbocycles. The molecule has 4 heteroatoms. The second-order valence-electron chi connectivity index (χ2n) is 4.76. The van der Waals surface area contributed by atoms with E-state index in [2.05, 4.69) is 28.6 Å². The Morgan fingerprint density at radius 2 is 2.05 bits per heavy atom. The number of benzene rings is 1. The van der Waals surface area contributed by atoms with Crippen LogP contribution in [-0.4, -0.2) is 16.7 Å². The zero-order valence-corrected chi connectivity index (χ0v) is 12.2. The van der Waals surface area contributed by atoms with Crippen molar-refractivity contribution in [2.45, 2.75) is 13.5 Å². The molecule has 0 fully saturated rings. The van der Waals surface area contributed by atoms with E-state index in [1.165, 1.54) is 16.6 Å². The van der Waals surface area contributed by atoms with Crippen LogP contribution in [0.25, 0.3) is 10.9 Å². The predicted molar refractivity (Wildman–Crippen MR) is 81.6 cm³/mol. The number of methoxy groups -OCH3 is 1. The quantitative estimate of drug-likeness (QED) is 0.726. The maximum atomic E-state index is 5.87. The van der Waals surface area contributed by atoms with Crippen LogP contribution in [0.4, 0.5) is 0 Å². The van der Waals surface area contributed by atoms with Gasteiger partial charge in [0.15, 0.2) is 0 Å². The van der Waals surface area contributed by atoms with Gasteiger partial charge >= 0.3 is 0 Å². The molecule has 2 heterocycles. The van der Waals surface area contributed by atoms with E-state index in [9.17, 15) is 0 Å². The van der Waals surface area contributed by atoms with Gasteiger partial charge in [0.1, 0.15) is 5.75 Å². The summed E-state index contributed by atoms with van der Waals surface area (Å²) in [5.74, 6) is 0.874. The SMILES string of the molecule is COc1ccc2c(c1)cc(C)n2Cc1ccc(Cl)cn1. The minimum absolute atomic E-state index is 0.660. The van der Waals surface area contributed by atoms with Gasteiger partial charge in [-0.25, -0.2) is 0 Å². The first-order valence-electron chi connectivity index (χ1n) is 6.41. The van der Waals surface area contributed by atoms with Crippen molar-refractivity contribution in [2.75, 3.05) is 7.11 Å². The third kappa shape index (κ3) is 2.37. The zero-order valence-electron chi connectivity index (χ0n) is 11.4. The van der Waals surface area contributed by atoms with E-state index >= 15 is 0 Å². The smallest absolute Gasteiger partial charge is 0.119 e. The summed E-state index contributed by atoms with van der Waals surface area (Å²) in [5.41, 5.74) is 3.37. The summed E-state index contributed by atoms with van der Waals surface area (Å²) in [6.07, 6.45) is 1.68. The average Bonchev–Trinajstić information content (AvgIpc) is 2.76. The van der Waals surface area contributed by atoms with Gasteiger partial charge in [0.25, 0.3) is 0 Å². The maximum Gasteiger partial charge on any atom is 0.119 e. The van der Waals surface area contributed by atoms with Gasteiger partial charge in [-0.1, -0.05) is 11.6 Å². The zero-order chi connectivity index (χ0) is 14.1. The van der Waals surface area contributed by atoms with Crippen LogP contribution in [0.5, 0.6) is 5.75 Å². The van der Waals surface area contributed by atoms with E-state index in [-0.39, 0.29) is 0 Å². The Morgan fingerprint density at radius 3 is 2.75 bits per heavy atom. The number of aryl methyl sites for hydroxylation is 1. The molecule has 3 aromatic rings. The molecule has 0 spiro atoms. The first-order chi connectivity index (χ1) is 9.67. The van der Waals surface area contributed by atoms with Crippen LogP contribution in [0.15, 0.2) is 42.6 Å². The second-order valence-corrected chi connectivity index (χ2v) is 5.20. The van der Waals surface area contributed by atoms with Crippen molar-refractivity contribution in [1.82, 2.24) is 9.55 Å². The molecule has 3 nitrogen and oxygen atoms in total. The fourth-order valence-corrected chi connectivity index (χ4v) is 2.50. The first kappa shape index (κ1) is 13.0. The van der Waals surface area contributed by atoms with Gasteiger partial charge in [0, 0.05) is 22.8 Å². The fraction of sp³-hybridized carbons (Fsp3) is 0.188. The lowest BCUT2D eigenvalue weighted by Crippen LogP contribution is -2.03. The Morgan fingerprint density at radius 1 is 1.20 bits per heavy atom. The van der Waals surface area contributed by atoms with Crippen molar-refractivity contribution in [2.24, 2.45) is 0 Å². The highest BCUT2D eigenvalue weighted by molar-refractivity contribution is 6.30. The molecule has 1 aromatic carbocycles. The van der Waals surface area contributed by atoms with E-state index in [1.54, 1.807) is 13.3 Å². The van der Waals surface area contributed by atoms with Gasteiger partial charge in [-0.2, -0.15) is 0 Å². The van der Waals surface area contributed by atoms with Gasteiger partial charge in [-0.3, -0.25) is 4.98 Å². The van der Waals surface area contributed by atoms with Gasteiger partial charge in [0.05, 0.1) is 24.4 Å². The van der Waals surface area contributed by atoms with Gasteiger partial charge in [-0.15, -0.1) is 0 Å². The fourth-order valence-electron chi connectivity index (χ4n) is 2.39. The third-order valence-electron chi connectivity index (χ3n) is 3.42. The lowest BCUT2D eigenvalue weighted by atomic mass is 10.2. The second kappa shape index (κ2) is 5.17. The monoisotopic (exact) mass is 286 g/mol. The minimum Gasteiger partial charge on any atom is -0.497 e. The third-order valence-corrected chi connectivity index (χ3v) is 3.65. The predicted octanol–water partition coefficient (Wildman–Crippen LogP) is 4.06. The summed E-state index contributed by atoms with van der Waals surface area (Å²) in [5, 5.41) is 1.84. The number of rotatable bonds is 3. The molecule has 102 valence electrons. The normalized spacial score (nSPS) is 10.9. The molecular formula is C16H15ClN2O. The standard InChI is InChI=1S/C16H15ClN2O/c1-11-7-12-8-15(20-2)5-6-16(12)19(11)10-14-4-3-13(17)9-18-14/h3-9H,10H2,1-2H3. The number of aromatic nitrogens is 2. The van der Waals surface area contributed by atoms with Gasteiger partial charge in [0.2, 0.25) is 0 Å². The van der Waals surface area contributed by atoms with Crippen LogP contribution in [0.2, 0.25) is 5.02 Å². The summed E-state index contributed by atoms with van der Waals surface area (Å²) in [6.45, 7) is 2.83. The summed E-state index contributed by atoms with van der Waals surface area (Å²) in [4.78, 5) is 4.36. The van der Waals surface area contributed by atoms with Crippen LogP contribution in [0, 0.1) is 6.92 Å². The number of halogens is 1. The molecule has 0 aliphatic heterocycles. The highest BCUT2D eigenvalue weighted by Crippen LogP contribution is 2.25. The number of nitrogens with zero attached hydrogens (tertiary/aromatic N) is 2. The molecule has 0 amide bonds. The largest absolute Gasteiger partial charge is 0.497 e. The first-order valence-corrected chi connectivity index (χ1v) is 6.79. The van der Waals surface area contributed by atoms with E-state index in [0.29, 0.717) is 5.02 Å². The van der Waals surface area contributed by atoms with E-state index < -0.39 is 0 Å². The molecule has 2 aromatic heterocycles. The summed E-state index contributed by atoms with van der Waals surface area (Å²) < 4.78 is 7.51. The molecule has 0 radical (unpaired) electrons. The van der Waals surface area contributed by atoms with Crippen LogP contribution >= 0.6 is 11.6 Å². The molecule has 20 heavy (non-hydrogen) atoms. The van der Waals surface area contributed by atoms with Crippen molar-refractivity contribution < 1.29 is 4.74 Å². The number of ether oxygens (including phenoxy) is 1. The van der Waals surface area contributed by atoms with Crippen LogP contribution in [0.1, 0.15) is 11.4 Å². The molecule has 0 aliphatic rings. The highest BCUT2D eigenvalue weighted by Gasteiger charge is 2.08. The Kier molecular flexibility index (Phi) is 3.36. The molecular weight excluding hydrogens is 272 g/mol. The topological polar surface area (TPSA) is 27.1 Å². The van der Waals surface area contributed by atoms with Gasteiger partial charge in [-0.05, 0) is 43.3 Å². The Labute approximate surface area is 122 Å². The Hall–Kier alpha value is -2.00. The molecule has 0 bridgehead atoms. The van der Waals surface area contributed by atoms with Crippen molar-refractivity contribution in [1.29, 1.82) is 0 Å². The summed E-state index contributed by atoms with van der Waals surface area (Å²) in [6, 6.07) is 12.1. The average molecular weight is 287 g/mol. The van der Waals surface area contributed by atoms with Crippen LogP contribution in [-0.2, 0) is 6.54 Å². The number of hydrogen-bond donors (Lipinski definition) is 0. The van der Waals surface area contributed by atoms with Crippen molar-refractivity contribution in [3.05, 3.63) is 59.0 Å². The lowest BCUT2D eigenvalue weighted by Gasteiger charge is -2.08. The Balaban J connectivity index is 2.02. The molecule has 0 unspecified atom stereocenters. The number of hydrogen-bond acceptors (Lipinski definition) is 2. The van der Waals surface area contributed by atoms with E-state index in [4.69, 9.17) is 16.3 Å². The number of pyridine rings is 1. The van der Waals surface area contributed by atoms with E-state index in [1.807, 2.05) is 24.3 Å². The summed E-state index contributed by atoms with van der Waals surface area (Å²) >= 11 is 5.87. The molecule has 0 saturated heterocycles. The molecule has 0 atom stereocenters. The summed E-state index contributed by atoms with van der Waals surface area (Å²) in [7, 11) is 1.68. The molecule has 0 saturated carbocycles. The highest BCUT2D eigenvalue weighted by atomic mass is 35.5. The molecule has 3 rings (SSSR count).